The fraction of sp³-hybridized carbons (Fsp3) is 0.600. The van der Waals surface area contributed by atoms with Crippen LogP contribution in [0.4, 0.5) is 5.69 Å². The van der Waals surface area contributed by atoms with Crippen LogP contribution in [0.2, 0.25) is 0 Å². The number of benzene rings is 2. The third-order valence-electron chi connectivity index (χ3n) is 8.19. The van der Waals surface area contributed by atoms with Gasteiger partial charge in [-0.1, -0.05) is 96.6 Å². The molecule has 0 saturated carbocycles. The predicted octanol–water partition coefficient (Wildman–Crippen LogP) is 8.25. The summed E-state index contributed by atoms with van der Waals surface area (Å²) in [4.78, 5) is 2.70. The van der Waals surface area contributed by atoms with E-state index in [2.05, 4.69) is 118 Å². The Kier molecular flexibility index (Phi) is 10.6. The summed E-state index contributed by atoms with van der Waals surface area (Å²) in [6.07, 6.45) is 7.50. The Morgan fingerprint density at radius 3 is 2.53 bits per heavy atom. The molecule has 36 heavy (non-hydrogen) atoms. The van der Waals surface area contributed by atoms with Crippen molar-refractivity contribution in [1.82, 2.24) is 0 Å². The van der Waals surface area contributed by atoms with Crippen LogP contribution in [0, 0.1) is 9.49 Å². The summed E-state index contributed by atoms with van der Waals surface area (Å²) in [5.74, 6) is 2.38. The first-order valence-corrected chi connectivity index (χ1v) is 17.6. The van der Waals surface area contributed by atoms with Gasteiger partial charge >= 0.3 is 0 Å². The molecule has 2 aliphatic heterocycles. The Hall–Kier alpha value is 0.190. The number of hydrogen-bond donors (Lipinski definition) is 1. The molecule has 1 N–H and O–H groups in total. The molecule has 0 aromatic heterocycles. The van der Waals surface area contributed by atoms with Crippen molar-refractivity contribution in [3.8, 4) is 5.75 Å². The molecule has 0 spiro atoms. The van der Waals surface area contributed by atoms with Crippen LogP contribution in [-0.4, -0.2) is 34.8 Å². The van der Waals surface area contributed by atoms with Crippen molar-refractivity contribution in [3.05, 3.63) is 55.7 Å². The van der Waals surface area contributed by atoms with E-state index in [4.69, 9.17) is 4.74 Å². The summed E-state index contributed by atoms with van der Waals surface area (Å²) < 4.78 is 10.1. The SMILES string of the molecule is CCCc1c(CI)c(N2CCCC(Cc3ccc(C(C)CI)cc3)C2)c(I)c2c1OC(CC)(CO)C2. The maximum Gasteiger partial charge on any atom is 0.136 e. The predicted molar refractivity (Wildman–Crippen MR) is 178 cm³/mol. The molecule has 3 unspecified atom stereocenters. The smallest absolute Gasteiger partial charge is 0.136 e. The summed E-state index contributed by atoms with van der Waals surface area (Å²) in [5, 5.41) is 10.2. The van der Waals surface area contributed by atoms with Crippen LogP contribution in [-0.2, 0) is 23.7 Å². The Bertz CT molecular complexity index is 1040. The normalized spacial score (nSPS) is 22.4. The minimum Gasteiger partial charge on any atom is -0.484 e. The van der Waals surface area contributed by atoms with E-state index < -0.39 is 5.60 Å². The van der Waals surface area contributed by atoms with E-state index in [0.717, 1.165) is 59.8 Å². The van der Waals surface area contributed by atoms with E-state index in [0.29, 0.717) is 11.8 Å². The summed E-state index contributed by atoms with van der Waals surface area (Å²) in [6.45, 7) is 9.04. The fourth-order valence-electron chi connectivity index (χ4n) is 5.92. The Labute approximate surface area is 258 Å². The van der Waals surface area contributed by atoms with Crippen molar-refractivity contribution in [2.24, 2.45) is 5.92 Å². The number of nitrogens with zero attached hydrogens (tertiary/aromatic N) is 1. The number of aliphatic hydroxyl groups is 1. The van der Waals surface area contributed by atoms with Crippen LogP contribution in [0.25, 0.3) is 0 Å². The zero-order chi connectivity index (χ0) is 25.9. The van der Waals surface area contributed by atoms with Gasteiger partial charge in [-0.25, -0.2) is 0 Å². The molecule has 2 aromatic carbocycles. The van der Waals surface area contributed by atoms with E-state index in [9.17, 15) is 5.11 Å². The van der Waals surface area contributed by atoms with Gasteiger partial charge in [-0.3, -0.25) is 0 Å². The first-order chi connectivity index (χ1) is 17.4. The largest absolute Gasteiger partial charge is 0.484 e. The first kappa shape index (κ1) is 29.2. The second-order valence-corrected chi connectivity index (χ2v) is 13.5. The van der Waals surface area contributed by atoms with Gasteiger partial charge in [0.25, 0.3) is 0 Å². The number of hydrogen-bond acceptors (Lipinski definition) is 3. The molecule has 0 amide bonds. The van der Waals surface area contributed by atoms with Crippen molar-refractivity contribution in [2.75, 3.05) is 29.0 Å². The van der Waals surface area contributed by atoms with Crippen molar-refractivity contribution < 1.29 is 9.84 Å². The lowest BCUT2D eigenvalue weighted by Gasteiger charge is -2.37. The molecule has 2 aromatic rings. The minimum atomic E-state index is -0.461. The molecule has 6 heteroatoms. The molecule has 1 saturated heterocycles. The average Bonchev–Trinajstić information content (AvgIpc) is 3.31. The van der Waals surface area contributed by atoms with Crippen LogP contribution >= 0.6 is 67.8 Å². The average molecular weight is 827 g/mol. The third-order valence-corrected chi connectivity index (χ3v) is 11.4. The van der Waals surface area contributed by atoms with Gasteiger partial charge in [0, 0.05) is 43.1 Å². The zero-order valence-corrected chi connectivity index (χ0v) is 28.4. The number of fused-ring (bicyclic) bond motifs is 1. The standard InChI is InChI=1S/C30H40I3NO2/c1-4-7-24-26(17-32)28(27(33)25-15-30(5-2,19-35)36-29(24)25)34-13-6-8-22(18-34)14-21-9-11-23(12-10-21)20(3)16-31/h9-12,20,22,35H,4-8,13-19H2,1-3H3. The van der Waals surface area contributed by atoms with E-state index in [1.165, 1.54) is 49.9 Å². The number of anilines is 1. The lowest BCUT2D eigenvalue weighted by molar-refractivity contribution is 0.0243. The minimum absolute atomic E-state index is 0.0793. The Morgan fingerprint density at radius 1 is 1.17 bits per heavy atom. The lowest BCUT2D eigenvalue weighted by Crippen LogP contribution is -2.38. The van der Waals surface area contributed by atoms with Crippen molar-refractivity contribution in [1.29, 1.82) is 0 Å². The molecule has 2 heterocycles. The second kappa shape index (κ2) is 13.0. The molecular weight excluding hydrogens is 787 g/mol. The molecule has 198 valence electrons. The van der Waals surface area contributed by atoms with Gasteiger partial charge in [0.05, 0.1) is 12.3 Å². The molecule has 0 radical (unpaired) electrons. The van der Waals surface area contributed by atoms with Crippen LogP contribution in [0.5, 0.6) is 5.75 Å². The molecule has 2 aliphatic rings. The topological polar surface area (TPSA) is 32.7 Å². The van der Waals surface area contributed by atoms with Gasteiger partial charge in [0.2, 0.25) is 0 Å². The highest BCUT2D eigenvalue weighted by atomic mass is 127. The molecule has 1 fully saturated rings. The number of aliphatic hydroxyl groups excluding tert-OH is 1. The molecule has 4 rings (SSSR count). The quantitative estimate of drug-likeness (QED) is 0.194. The van der Waals surface area contributed by atoms with Crippen LogP contribution in [0.1, 0.15) is 80.2 Å². The third kappa shape index (κ3) is 6.01. The molecule has 0 aliphatic carbocycles. The van der Waals surface area contributed by atoms with Crippen LogP contribution in [0.3, 0.4) is 0 Å². The van der Waals surface area contributed by atoms with Crippen molar-refractivity contribution >= 4 is 73.5 Å². The van der Waals surface area contributed by atoms with E-state index in [1.807, 2.05) is 0 Å². The highest BCUT2D eigenvalue weighted by Crippen LogP contribution is 2.49. The van der Waals surface area contributed by atoms with E-state index in [1.54, 1.807) is 0 Å². The summed E-state index contributed by atoms with van der Waals surface area (Å²) in [6, 6.07) is 9.41. The van der Waals surface area contributed by atoms with Crippen LogP contribution < -0.4 is 9.64 Å². The van der Waals surface area contributed by atoms with Gasteiger partial charge in [-0.15, -0.1) is 0 Å². The highest BCUT2D eigenvalue weighted by Gasteiger charge is 2.42. The van der Waals surface area contributed by atoms with Crippen LogP contribution in [0.15, 0.2) is 24.3 Å². The molecular formula is C30H40I3NO2. The molecule has 3 atom stereocenters. The number of halogens is 3. The number of ether oxygens (including phenoxy) is 1. The maximum atomic E-state index is 10.2. The number of alkyl halides is 2. The summed E-state index contributed by atoms with van der Waals surface area (Å²) in [7, 11) is 0. The monoisotopic (exact) mass is 827 g/mol. The van der Waals surface area contributed by atoms with Gasteiger partial charge < -0.3 is 14.7 Å². The van der Waals surface area contributed by atoms with Gasteiger partial charge in [0.1, 0.15) is 11.4 Å². The maximum absolute atomic E-state index is 10.2. The zero-order valence-electron chi connectivity index (χ0n) is 21.9. The number of rotatable bonds is 10. The second-order valence-electron chi connectivity index (χ2n) is 10.7. The highest BCUT2D eigenvalue weighted by molar-refractivity contribution is 14.1. The number of piperidine rings is 1. The van der Waals surface area contributed by atoms with Crippen molar-refractivity contribution in [3.63, 3.8) is 0 Å². The van der Waals surface area contributed by atoms with E-state index >= 15 is 0 Å². The van der Waals surface area contributed by atoms with Gasteiger partial charge in [-0.05, 0) is 83.2 Å². The lowest BCUT2D eigenvalue weighted by atomic mass is 9.88. The first-order valence-electron chi connectivity index (χ1n) is 13.5. The molecule has 3 nitrogen and oxygen atoms in total. The summed E-state index contributed by atoms with van der Waals surface area (Å²) in [5.41, 5.74) is 8.11. The fourth-order valence-corrected chi connectivity index (χ4v) is 8.35. The van der Waals surface area contributed by atoms with Crippen molar-refractivity contribution in [2.45, 2.75) is 81.7 Å². The summed E-state index contributed by atoms with van der Waals surface area (Å²) >= 11 is 7.62. The Morgan fingerprint density at radius 2 is 1.92 bits per heavy atom. The molecule has 0 bridgehead atoms. The Balaban J connectivity index is 1.63. The van der Waals surface area contributed by atoms with Gasteiger partial charge in [-0.2, -0.15) is 0 Å². The van der Waals surface area contributed by atoms with E-state index in [-0.39, 0.29) is 6.61 Å². The van der Waals surface area contributed by atoms with Gasteiger partial charge in [0.15, 0.2) is 0 Å².